The number of aryl methyl sites for hydroxylation is 2. The van der Waals surface area contributed by atoms with Crippen LogP contribution < -0.4 is 10.9 Å². The highest BCUT2D eigenvalue weighted by molar-refractivity contribution is 5.23. The van der Waals surface area contributed by atoms with Gasteiger partial charge in [-0.25, -0.2) is 4.98 Å². The Morgan fingerprint density at radius 3 is 2.80 bits per heavy atom. The van der Waals surface area contributed by atoms with E-state index in [1.807, 2.05) is 18.5 Å². The van der Waals surface area contributed by atoms with Crippen molar-refractivity contribution >= 4 is 0 Å². The normalized spacial score (nSPS) is 12.6. The molecule has 0 aliphatic rings. The summed E-state index contributed by atoms with van der Waals surface area (Å²) in [5, 5.41) is 3.42. The Bertz CT molecular complexity index is 614. The molecule has 0 amide bonds. The quantitative estimate of drug-likeness (QED) is 0.872. The molecule has 0 saturated heterocycles. The van der Waals surface area contributed by atoms with Gasteiger partial charge in [-0.15, -0.1) is 0 Å². The number of aromatic nitrogens is 3. The van der Waals surface area contributed by atoms with Gasteiger partial charge in [0.2, 0.25) is 0 Å². The van der Waals surface area contributed by atoms with Crippen molar-refractivity contribution in [1.82, 2.24) is 19.4 Å². The number of nitrogens with one attached hydrogen (secondary N) is 1. The van der Waals surface area contributed by atoms with Crippen molar-refractivity contribution < 1.29 is 0 Å². The fourth-order valence-corrected chi connectivity index (χ4v) is 2.32. The number of imidazole rings is 1. The van der Waals surface area contributed by atoms with Gasteiger partial charge in [-0.3, -0.25) is 4.79 Å². The lowest BCUT2D eigenvalue weighted by atomic mass is 10.1. The zero-order valence-electron chi connectivity index (χ0n) is 12.3. The highest BCUT2D eigenvalue weighted by atomic mass is 16.1. The van der Waals surface area contributed by atoms with E-state index < -0.39 is 0 Å². The average Bonchev–Trinajstić information content (AvgIpc) is 2.88. The van der Waals surface area contributed by atoms with Crippen LogP contribution in [0.1, 0.15) is 37.7 Å². The zero-order valence-corrected chi connectivity index (χ0v) is 12.3. The Hall–Kier alpha value is -1.88. The number of hydrogen-bond donors (Lipinski definition) is 1. The van der Waals surface area contributed by atoms with Crippen LogP contribution in [-0.4, -0.2) is 20.7 Å². The molecule has 2 aromatic heterocycles. The third kappa shape index (κ3) is 2.99. The van der Waals surface area contributed by atoms with Crippen molar-refractivity contribution in [3.63, 3.8) is 0 Å². The number of pyridine rings is 1. The maximum absolute atomic E-state index is 11.8. The van der Waals surface area contributed by atoms with E-state index in [4.69, 9.17) is 0 Å². The Morgan fingerprint density at radius 2 is 2.15 bits per heavy atom. The van der Waals surface area contributed by atoms with Crippen LogP contribution in [0.2, 0.25) is 0 Å². The van der Waals surface area contributed by atoms with Crippen LogP contribution in [0.15, 0.2) is 35.5 Å². The molecule has 0 aliphatic carbocycles. The molecule has 1 N–H and O–H groups in total. The zero-order chi connectivity index (χ0) is 14.5. The first-order valence-corrected chi connectivity index (χ1v) is 7.08. The van der Waals surface area contributed by atoms with Gasteiger partial charge in [-0.2, -0.15) is 0 Å². The topological polar surface area (TPSA) is 51.9 Å². The first-order valence-electron chi connectivity index (χ1n) is 7.08. The van der Waals surface area contributed by atoms with Crippen molar-refractivity contribution in [2.45, 2.75) is 32.9 Å². The fraction of sp³-hybridized carbons (Fsp3) is 0.467. The maximum Gasteiger partial charge on any atom is 0.250 e. The minimum absolute atomic E-state index is 0.000925. The lowest BCUT2D eigenvalue weighted by molar-refractivity contribution is 0.542. The molecule has 0 aromatic carbocycles. The lowest BCUT2D eigenvalue weighted by Gasteiger charge is -2.19. The van der Waals surface area contributed by atoms with Gasteiger partial charge in [0.1, 0.15) is 5.82 Å². The standard InChI is InChI=1S/C15H22N4O/c1-4-8-19-10-7-17-15(19)14(16-5-2)12-6-9-18(3)13(20)11-12/h6-7,9-11,14,16H,4-5,8H2,1-3H3. The summed E-state index contributed by atoms with van der Waals surface area (Å²) in [6.07, 6.45) is 6.66. The average molecular weight is 274 g/mol. The van der Waals surface area contributed by atoms with Gasteiger partial charge in [-0.05, 0) is 24.6 Å². The van der Waals surface area contributed by atoms with Crippen molar-refractivity contribution in [1.29, 1.82) is 0 Å². The van der Waals surface area contributed by atoms with Gasteiger partial charge >= 0.3 is 0 Å². The smallest absolute Gasteiger partial charge is 0.250 e. The SMILES string of the molecule is CCCn1ccnc1C(NCC)c1ccn(C)c(=O)c1. The van der Waals surface area contributed by atoms with Gasteiger partial charge < -0.3 is 14.5 Å². The molecule has 0 bridgehead atoms. The minimum Gasteiger partial charge on any atom is -0.333 e. The molecule has 0 spiro atoms. The molecule has 0 fully saturated rings. The van der Waals surface area contributed by atoms with Gasteiger partial charge in [0.25, 0.3) is 5.56 Å². The van der Waals surface area contributed by atoms with E-state index in [9.17, 15) is 4.79 Å². The lowest BCUT2D eigenvalue weighted by Crippen LogP contribution is -2.27. The molecule has 0 radical (unpaired) electrons. The highest BCUT2D eigenvalue weighted by Crippen LogP contribution is 2.19. The molecule has 2 heterocycles. The summed E-state index contributed by atoms with van der Waals surface area (Å²) in [7, 11) is 1.76. The minimum atomic E-state index is -0.0459. The van der Waals surface area contributed by atoms with E-state index in [2.05, 4.69) is 28.7 Å². The summed E-state index contributed by atoms with van der Waals surface area (Å²) >= 11 is 0. The molecule has 5 heteroatoms. The van der Waals surface area contributed by atoms with Gasteiger partial charge in [0.05, 0.1) is 6.04 Å². The van der Waals surface area contributed by atoms with Crippen molar-refractivity contribution in [2.75, 3.05) is 6.54 Å². The summed E-state index contributed by atoms with van der Waals surface area (Å²) in [5.74, 6) is 0.960. The monoisotopic (exact) mass is 274 g/mol. The number of rotatable bonds is 6. The molecule has 0 aliphatic heterocycles. The van der Waals surface area contributed by atoms with Crippen LogP contribution in [0, 0.1) is 0 Å². The third-order valence-corrected chi connectivity index (χ3v) is 3.34. The van der Waals surface area contributed by atoms with Crippen LogP contribution in [0.5, 0.6) is 0 Å². The van der Waals surface area contributed by atoms with Crippen molar-refractivity contribution in [3.8, 4) is 0 Å². The Labute approximate surface area is 119 Å². The molecular formula is C15H22N4O. The molecule has 5 nitrogen and oxygen atoms in total. The summed E-state index contributed by atoms with van der Waals surface area (Å²) in [6, 6.07) is 3.60. The van der Waals surface area contributed by atoms with Gasteiger partial charge in [-0.1, -0.05) is 13.8 Å². The van der Waals surface area contributed by atoms with Crippen LogP contribution in [0.3, 0.4) is 0 Å². The maximum atomic E-state index is 11.8. The van der Waals surface area contributed by atoms with E-state index in [0.717, 1.165) is 30.9 Å². The predicted octanol–water partition coefficient (Wildman–Crippen LogP) is 1.69. The first-order chi connectivity index (χ1) is 9.67. The number of hydrogen-bond acceptors (Lipinski definition) is 3. The van der Waals surface area contributed by atoms with Crippen molar-refractivity contribution in [2.24, 2.45) is 7.05 Å². The second-order valence-corrected chi connectivity index (χ2v) is 4.88. The molecule has 2 rings (SSSR count). The third-order valence-electron chi connectivity index (χ3n) is 3.34. The molecule has 20 heavy (non-hydrogen) atoms. The molecule has 2 aromatic rings. The van der Waals surface area contributed by atoms with Gasteiger partial charge in [0.15, 0.2) is 0 Å². The molecular weight excluding hydrogens is 252 g/mol. The molecule has 1 unspecified atom stereocenters. The predicted molar refractivity (Wildman–Crippen MR) is 79.7 cm³/mol. The molecule has 108 valence electrons. The molecule has 1 atom stereocenters. The summed E-state index contributed by atoms with van der Waals surface area (Å²) in [6.45, 7) is 5.95. The second kappa shape index (κ2) is 6.52. The van der Waals surface area contributed by atoms with E-state index in [0.29, 0.717) is 0 Å². The van der Waals surface area contributed by atoms with Crippen molar-refractivity contribution in [3.05, 3.63) is 52.5 Å². The number of nitrogens with zero attached hydrogens (tertiary/aromatic N) is 3. The van der Waals surface area contributed by atoms with Crippen LogP contribution in [0.4, 0.5) is 0 Å². The van der Waals surface area contributed by atoms with Crippen LogP contribution in [-0.2, 0) is 13.6 Å². The largest absolute Gasteiger partial charge is 0.333 e. The summed E-state index contributed by atoms with van der Waals surface area (Å²) in [5.41, 5.74) is 0.956. The van der Waals surface area contributed by atoms with Gasteiger partial charge in [0, 0.05) is 38.2 Å². The molecule has 0 saturated carbocycles. The van der Waals surface area contributed by atoms with Crippen LogP contribution >= 0.6 is 0 Å². The first kappa shape index (κ1) is 14.5. The Balaban J connectivity index is 2.41. The summed E-state index contributed by atoms with van der Waals surface area (Å²) < 4.78 is 3.72. The van der Waals surface area contributed by atoms with E-state index in [1.165, 1.54) is 0 Å². The van der Waals surface area contributed by atoms with E-state index >= 15 is 0 Å². The fourth-order valence-electron chi connectivity index (χ4n) is 2.32. The van der Waals surface area contributed by atoms with Crippen LogP contribution in [0.25, 0.3) is 0 Å². The summed E-state index contributed by atoms with van der Waals surface area (Å²) in [4.78, 5) is 16.3. The Morgan fingerprint density at radius 1 is 1.35 bits per heavy atom. The second-order valence-electron chi connectivity index (χ2n) is 4.88. The van der Waals surface area contributed by atoms with E-state index in [1.54, 1.807) is 23.9 Å². The highest BCUT2D eigenvalue weighted by Gasteiger charge is 2.18. The van der Waals surface area contributed by atoms with E-state index in [-0.39, 0.29) is 11.6 Å². The Kier molecular flexibility index (Phi) is 4.74.